The van der Waals surface area contributed by atoms with Crippen molar-refractivity contribution in [1.82, 2.24) is 10.2 Å². The van der Waals surface area contributed by atoms with Gasteiger partial charge >= 0.3 is 0 Å². The van der Waals surface area contributed by atoms with E-state index in [1.165, 1.54) is 12.1 Å². The van der Waals surface area contributed by atoms with Gasteiger partial charge in [0, 0.05) is 20.1 Å². The van der Waals surface area contributed by atoms with Gasteiger partial charge in [-0.3, -0.25) is 9.59 Å². The van der Waals surface area contributed by atoms with Gasteiger partial charge in [-0.25, -0.2) is 4.39 Å². The molecule has 4 rings (SSSR count). The third-order valence-electron chi connectivity index (χ3n) is 6.23. The van der Waals surface area contributed by atoms with Gasteiger partial charge < -0.3 is 15.0 Å². The van der Waals surface area contributed by atoms with E-state index >= 15 is 0 Å². The first-order valence-corrected chi connectivity index (χ1v) is 11.0. The molecule has 1 N–H and O–H groups in total. The molecule has 1 saturated heterocycles. The van der Waals surface area contributed by atoms with Crippen molar-refractivity contribution in [2.45, 2.75) is 12.8 Å². The van der Waals surface area contributed by atoms with Crippen LogP contribution in [0.3, 0.4) is 0 Å². The molecule has 3 aromatic rings. The molecular formula is C27H27FN2O3. The minimum atomic E-state index is -0.743. The van der Waals surface area contributed by atoms with E-state index in [1.54, 1.807) is 24.1 Å². The molecule has 0 bridgehead atoms. The molecular weight excluding hydrogens is 419 g/mol. The number of rotatable bonds is 7. The second-order valence-electron chi connectivity index (χ2n) is 8.34. The Kier molecular flexibility index (Phi) is 6.73. The van der Waals surface area contributed by atoms with Gasteiger partial charge in [-0.05, 0) is 41.7 Å². The molecule has 2 amide bonds. The fourth-order valence-corrected chi connectivity index (χ4v) is 4.49. The number of hydrogen-bond donors (Lipinski definition) is 1. The molecule has 1 unspecified atom stereocenters. The normalized spacial score (nSPS) is 17.6. The predicted octanol–water partition coefficient (Wildman–Crippen LogP) is 4.08. The topological polar surface area (TPSA) is 58.6 Å². The summed E-state index contributed by atoms with van der Waals surface area (Å²) in [7, 11) is 1.62. The molecule has 0 aromatic heterocycles. The largest absolute Gasteiger partial charge is 0.481 e. The zero-order valence-electron chi connectivity index (χ0n) is 18.6. The molecule has 0 saturated carbocycles. The molecule has 0 spiro atoms. The van der Waals surface area contributed by atoms with E-state index in [0.29, 0.717) is 19.4 Å². The van der Waals surface area contributed by atoms with Crippen LogP contribution in [-0.2, 0) is 16.0 Å². The number of carbonyl (C=O) groups excluding carboxylic acids is 2. The Labute approximate surface area is 193 Å². The van der Waals surface area contributed by atoms with Crippen LogP contribution >= 0.6 is 0 Å². The summed E-state index contributed by atoms with van der Waals surface area (Å²) in [6.45, 7) is 0.459. The number of para-hydroxylation sites is 1. The first-order chi connectivity index (χ1) is 16.0. The van der Waals surface area contributed by atoms with Crippen LogP contribution in [0.2, 0.25) is 0 Å². The Bertz CT molecular complexity index is 1130. The molecule has 3 aromatic carbocycles. The zero-order valence-corrected chi connectivity index (χ0v) is 18.6. The van der Waals surface area contributed by atoms with E-state index in [2.05, 4.69) is 23.5 Å². The Morgan fingerprint density at radius 1 is 1.00 bits per heavy atom. The summed E-state index contributed by atoms with van der Waals surface area (Å²) in [6, 6.07) is 24.1. The van der Waals surface area contributed by atoms with Crippen LogP contribution in [0.5, 0.6) is 5.75 Å². The summed E-state index contributed by atoms with van der Waals surface area (Å²) in [4.78, 5) is 27.5. The maximum atomic E-state index is 13.8. The smallest absolute Gasteiger partial charge is 0.260 e. The number of nitrogens with one attached hydrogen (secondary N) is 1. The van der Waals surface area contributed by atoms with E-state index in [-0.39, 0.29) is 30.7 Å². The SMILES string of the molecule is CNC(=O)C1(Cc2ccccc2-c2ccccc2)CCN(C(=O)COc2ccccc2F)C1. The van der Waals surface area contributed by atoms with Crippen molar-refractivity contribution in [1.29, 1.82) is 0 Å². The predicted molar refractivity (Wildman–Crippen MR) is 125 cm³/mol. The lowest BCUT2D eigenvalue weighted by Gasteiger charge is -2.28. The lowest BCUT2D eigenvalue weighted by molar-refractivity contribution is -0.134. The molecule has 0 aliphatic carbocycles. The summed E-state index contributed by atoms with van der Waals surface area (Å²) in [6.07, 6.45) is 1.05. The minimum Gasteiger partial charge on any atom is -0.481 e. The maximum Gasteiger partial charge on any atom is 0.260 e. The number of halogens is 1. The van der Waals surface area contributed by atoms with Crippen LogP contribution in [0.4, 0.5) is 4.39 Å². The standard InChI is InChI=1S/C27H27FN2O3/c1-29-26(32)27(17-21-11-5-6-12-22(21)20-9-3-2-4-10-20)15-16-30(19-27)25(31)18-33-24-14-8-7-13-23(24)28/h2-14H,15-19H2,1H3,(H,29,32). The van der Waals surface area contributed by atoms with Crippen LogP contribution in [0.15, 0.2) is 78.9 Å². The van der Waals surface area contributed by atoms with Gasteiger partial charge in [0.25, 0.3) is 5.91 Å². The molecule has 1 aliphatic rings. The molecule has 1 atom stereocenters. The van der Waals surface area contributed by atoms with Crippen molar-refractivity contribution in [3.05, 3.63) is 90.2 Å². The molecule has 5 nitrogen and oxygen atoms in total. The highest BCUT2D eigenvalue weighted by Gasteiger charge is 2.45. The maximum absolute atomic E-state index is 13.8. The summed E-state index contributed by atoms with van der Waals surface area (Å²) in [5, 5.41) is 2.79. The third-order valence-corrected chi connectivity index (χ3v) is 6.23. The van der Waals surface area contributed by atoms with E-state index in [0.717, 1.165) is 16.7 Å². The number of carbonyl (C=O) groups is 2. The molecule has 0 radical (unpaired) electrons. The van der Waals surface area contributed by atoms with Gasteiger partial charge in [0.1, 0.15) is 0 Å². The van der Waals surface area contributed by atoms with Crippen molar-refractivity contribution in [3.63, 3.8) is 0 Å². The van der Waals surface area contributed by atoms with Crippen molar-refractivity contribution >= 4 is 11.8 Å². The molecule has 1 fully saturated rings. The lowest BCUT2D eigenvalue weighted by Crippen LogP contribution is -2.44. The van der Waals surface area contributed by atoms with Crippen molar-refractivity contribution in [2.75, 3.05) is 26.7 Å². The monoisotopic (exact) mass is 446 g/mol. The van der Waals surface area contributed by atoms with E-state index in [4.69, 9.17) is 4.74 Å². The summed E-state index contributed by atoms with van der Waals surface area (Å²) >= 11 is 0. The van der Waals surface area contributed by atoms with Gasteiger partial charge in [0.2, 0.25) is 5.91 Å². The van der Waals surface area contributed by atoms with Crippen molar-refractivity contribution in [2.24, 2.45) is 5.41 Å². The highest BCUT2D eigenvalue weighted by atomic mass is 19.1. The van der Waals surface area contributed by atoms with Gasteiger partial charge in [-0.2, -0.15) is 0 Å². The summed E-state index contributed by atoms with van der Waals surface area (Å²) in [5.74, 6) is -0.820. The fourth-order valence-electron chi connectivity index (χ4n) is 4.49. The molecule has 1 aliphatic heterocycles. The number of ether oxygens (including phenoxy) is 1. The van der Waals surface area contributed by atoms with Gasteiger partial charge in [-0.15, -0.1) is 0 Å². The van der Waals surface area contributed by atoms with Crippen LogP contribution in [0, 0.1) is 11.2 Å². The molecule has 6 heteroatoms. The van der Waals surface area contributed by atoms with Crippen LogP contribution < -0.4 is 10.1 Å². The lowest BCUT2D eigenvalue weighted by atomic mass is 9.78. The van der Waals surface area contributed by atoms with E-state index < -0.39 is 11.2 Å². The molecule has 170 valence electrons. The average Bonchev–Trinajstić information content (AvgIpc) is 3.29. The number of nitrogens with zero attached hydrogens (tertiary/aromatic N) is 1. The van der Waals surface area contributed by atoms with E-state index in [9.17, 15) is 14.0 Å². The van der Waals surface area contributed by atoms with E-state index in [1.807, 2.05) is 36.4 Å². The number of likely N-dealkylation sites (tertiary alicyclic amines) is 1. The Hall–Kier alpha value is -3.67. The average molecular weight is 447 g/mol. The second-order valence-corrected chi connectivity index (χ2v) is 8.34. The van der Waals surface area contributed by atoms with Gasteiger partial charge in [-0.1, -0.05) is 66.7 Å². The Morgan fingerprint density at radius 3 is 2.45 bits per heavy atom. The Morgan fingerprint density at radius 2 is 1.70 bits per heavy atom. The zero-order chi connectivity index (χ0) is 23.3. The van der Waals surface area contributed by atoms with Crippen molar-refractivity contribution in [3.8, 4) is 16.9 Å². The summed E-state index contributed by atoms with van der Waals surface area (Å²) in [5.41, 5.74) is 2.48. The fraction of sp³-hybridized carbons (Fsp3) is 0.259. The number of benzene rings is 3. The van der Waals surface area contributed by atoms with Gasteiger partial charge in [0.15, 0.2) is 18.2 Å². The highest BCUT2D eigenvalue weighted by molar-refractivity contribution is 5.86. The van der Waals surface area contributed by atoms with Crippen molar-refractivity contribution < 1.29 is 18.7 Å². The number of hydrogen-bond acceptors (Lipinski definition) is 3. The van der Waals surface area contributed by atoms with Crippen LogP contribution in [0.1, 0.15) is 12.0 Å². The first kappa shape index (κ1) is 22.5. The minimum absolute atomic E-state index is 0.0411. The first-order valence-electron chi connectivity index (χ1n) is 11.0. The molecule has 33 heavy (non-hydrogen) atoms. The third kappa shape index (κ3) is 4.90. The number of amides is 2. The van der Waals surface area contributed by atoms with Crippen LogP contribution in [-0.4, -0.2) is 43.5 Å². The quantitative estimate of drug-likeness (QED) is 0.595. The van der Waals surface area contributed by atoms with Crippen LogP contribution in [0.25, 0.3) is 11.1 Å². The second kappa shape index (κ2) is 9.86. The Balaban J connectivity index is 1.52. The van der Waals surface area contributed by atoms with Gasteiger partial charge in [0.05, 0.1) is 5.41 Å². The molecule has 1 heterocycles. The summed E-state index contributed by atoms with van der Waals surface area (Å²) < 4.78 is 19.2. The highest BCUT2D eigenvalue weighted by Crippen LogP contribution is 2.37.